The largest absolute Gasteiger partial charge is 0.471 e. The molecule has 35 heavy (non-hydrogen) atoms. The van der Waals surface area contributed by atoms with E-state index >= 15 is 0 Å². The zero-order valence-corrected chi connectivity index (χ0v) is 22.5. The first-order valence-corrected chi connectivity index (χ1v) is 13.5. The summed E-state index contributed by atoms with van der Waals surface area (Å²) >= 11 is 15.9. The molecular formula is C22H20BrCl2N5O4S. The predicted molar refractivity (Wildman–Crippen MR) is 138 cm³/mol. The first-order valence-electron chi connectivity index (χ1n) is 10.5. The molecule has 1 saturated heterocycles. The van der Waals surface area contributed by atoms with Crippen LogP contribution in [-0.2, 0) is 10.8 Å². The highest BCUT2D eigenvalue weighted by Crippen LogP contribution is 2.32. The number of halogens is 3. The lowest BCUT2D eigenvalue weighted by Gasteiger charge is -2.24. The second kappa shape index (κ2) is 10.7. The number of nitrogens with zero attached hydrogens (tertiary/aromatic N) is 3. The Hall–Kier alpha value is -2.47. The van der Waals surface area contributed by atoms with E-state index in [1.54, 1.807) is 18.2 Å². The van der Waals surface area contributed by atoms with Crippen LogP contribution in [0.5, 0.6) is 5.88 Å². The molecule has 0 saturated carbocycles. The number of pyridine rings is 1. The lowest BCUT2D eigenvalue weighted by atomic mass is 10.1. The van der Waals surface area contributed by atoms with Gasteiger partial charge < -0.3 is 15.4 Å². The minimum atomic E-state index is -0.912. The van der Waals surface area contributed by atoms with Gasteiger partial charge in [0, 0.05) is 38.6 Å². The predicted octanol–water partition coefficient (Wildman–Crippen LogP) is 4.24. The van der Waals surface area contributed by atoms with Crippen LogP contribution in [-0.4, -0.2) is 54.4 Å². The van der Waals surface area contributed by atoms with Gasteiger partial charge in [0.05, 0.1) is 27.8 Å². The number of carbonyl (C=O) groups is 2. The van der Waals surface area contributed by atoms with Crippen LogP contribution in [0.4, 0.5) is 5.69 Å². The number of benzene rings is 1. The molecule has 0 aliphatic carbocycles. The van der Waals surface area contributed by atoms with E-state index in [0.29, 0.717) is 21.0 Å². The third-order valence-corrected chi connectivity index (χ3v) is 7.47. The molecule has 1 aliphatic rings. The number of amides is 2. The lowest BCUT2D eigenvalue weighted by molar-refractivity contribution is 0.0944. The van der Waals surface area contributed by atoms with Gasteiger partial charge in [-0.1, -0.05) is 23.2 Å². The summed E-state index contributed by atoms with van der Waals surface area (Å²) < 4.78 is 18.9. The summed E-state index contributed by atoms with van der Waals surface area (Å²) in [6.45, 7) is 3.65. The van der Waals surface area contributed by atoms with Gasteiger partial charge in [0.15, 0.2) is 5.82 Å². The van der Waals surface area contributed by atoms with Gasteiger partial charge in [-0.15, -0.1) is 5.10 Å². The van der Waals surface area contributed by atoms with Crippen LogP contribution < -0.4 is 15.4 Å². The molecule has 1 aliphatic heterocycles. The maximum Gasteiger partial charge on any atom is 0.274 e. The van der Waals surface area contributed by atoms with Crippen LogP contribution >= 0.6 is 39.1 Å². The zero-order chi connectivity index (χ0) is 25.3. The van der Waals surface area contributed by atoms with E-state index in [1.165, 1.54) is 23.0 Å². The van der Waals surface area contributed by atoms with Crippen molar-refractivity contribution in [2.45, 2.75) is 26.0 Å². The molecular weight excluding hydrogens is 581 g/mol. The topological polar surface area (TPSA) is 115 Å². The summed E-state index contributed by atoms with van der Waals surface area (Å²) in [5.74, 6) is 0.177. The minimum absolute atomic E-state index is 0.0677. The molecule has 4 rings (SSSR count). The molecule has 3 aromatic rings. The van der Waals surface area contributed by atoms with Crippen molar-refractivity contribution < 1.29 is 18.5 Å². The number of hydrogen-bond acceptors (Lipinski definition) is 6. The summed E-state index contributed by atoms with van der Waals surface area (Å²) in [6.07, 6.45) is 1.26. The fourth-order valence-electron chi connectivity index (χ4n) is 3.28. The molecule has 3 heterocycles. The maximum atomic E-state index is 13.5. The Balaban J connectivity index is 1.71. The van der Waals surface area contributed by atoms with E-state index in [4.69, 9.17) is 27.9 Å². The number of ether oxygens (including phenoxy) is 1. The Kier molecular flexibility index (Phi) is 7.80. The van der Waals surface area contributed by atoms with E-state index in [2.05, 4.69) is 36.6 Å². The van der Waals surface area contributed by atoms with Crippen molar-refractivity contribution in [2.75, 3.05) is 16.8 Å². The van der Waals surface area contributed by atoms with Gasteiger partial charge in [-0.25, -0.2) is 9.67 Å². The summed E-state index contributed by atoms with van der Waals surface area (Å²) in [5.41, 5.74) is 0.481. The monoisotopic (exact) mass is 599 g/mol. The number of anilines is 1. The highest BCUT2D eigenvalue weighted by atomic mass is 79.9. The van der Waals surface area contributed by atoms with Crippen LogP contribution in [0.15, 0.2) is 41.0 Å². The molecule has 9 nitrogen and oxygen atoms in total. The van der Waals surface area contributed by atoms with E-state index < -0.39 is 22.6 Å². The lowest BCUT2D eigenvalue weighted by Crippen LogP contribution is -2.41. The number of aromatic nitrogens is 3. The standard InChI is InChI=1S/C22H20BrCl2N5O4S/c1-11(2)27-21(31)14-6-12(24)7-15(23)19(14)28-22(32)17-8-18(34-13-9-35(33)10-13)29-30(17)20-16(25)4-3-5-26-20/h3-8,11,13H,9-10H2,1-2H3,(H,27,31)(H,28,32). The smallest absolute Gasteiger partial charge is 0.274 e. The van der Waals surface area contributed by atoms with E-state index in [9.17, 15) is 13.8 Å². The van der Waals surface area contributed by atoms with Crippen LogP contribution in [0.25, 0.3) is 5.82 Å². The third kappa shape index (κ3) is 5.85. The highest BCUT2D eigenvalue weighted by molar-refractivity contribution is 9.10. The second-order valence-corrected chi connectivity index (χ2v) is 11.2. The first kappa shape index (κ1) is 25.6. The van der Waals surface area contributed by atoms with Gasteiger partial charge in [-0.3, -0.25) is 13.8 Å². The molecule has 2 amide bonds. The quantitative estimate of drug-likeness (QED) is 0.419. The SMILES string of the molecule is CC(C)NC(=O)c1cc(Cl)cc(Br)c1NC(=O)c1cc(OC2CS(=O)C2)nn1-c1ncccc1Cl. The molecule has 1 aromatic carbocycles. The van der Waals surface area contributed by atoms with Crippen molar-refractivity contribution >= 4 is 67.4 Å². The molecule has 13 heteroatoms. The number of nitrogens with one attached hydrogen (secondary N) is 2. The molecule has 0 radical (unpaired) electrons. The second-order valence-electron chi connectivity index (χ2n) is 7.99. The molecule has 0 bridgehead atoms. The summed E-state index contributed by atoms with van der Waals surface area (Å²) in [6, 6.07) is 7.63. The van der Waals surface area contributed by atoms with E-state index in [0.717, 1.165) is 0 Å². The Morgan fingerprint density at radius 3 is 2.63 bits per heavy atom. The molecule has 184 valence electrons. The fraction of sp³-hybridized carbons (Fsp3) is 0.273. The van der Waals surface area contributed by atoms with Crippen molar-refractivity contribution in [1.29, 1.82) is 0 Å². The highest BCUT2D eigenvalue weighted by Gasteiger charge is 2.30. The maximum absolute atomic E-state index is 13.5. The van der Waals surface area contributed by atoms with Crippen LogP contribution in [0, 0.1) is 0 Å². The van der Waals surface area contributed by atoms with Crippen LogP contribution in [0.3, 0.4) is 0 Å². The van der Waals surface area contributed by atoms with Crippen molar-refractivity contribution in [2.24, 2.45) is 0 Å². The van der Waals surface area contributed by atoms with Gasteiger partial charge in [0.25, 0.3) is 11.8 Å². The molecule has 0 unspecified atom stereocenters. The number of rotatable bonds is 7. The van der Waals surface area contributed by atoms with Gasteiger partial charge in [0.1, 0.15) is 11.8 Å². The average molecular weight is 601 g/mol. The Bertz CT molecular complexity index is 1330. The van der Waals surface area contributed by atoms with Gasteiger partial charge in [-0.2, -0.15) is 0 Å². The minimum Gasteiger partial charge on any atom is -0.471 e. The Labute approximate surface area is 222 Å². The number of hydrogen-bond donors (Lipinski definition) is 2. The average Bonchev–Trinajstić information content (AvgIpc) is 3.18. The Morgan fingerprint density at radius 1 is 1.23 bits per heavy atom. The molecule has 0 atom stereocenters. The number of carbonyl (C=O) groups excluding carboxylic acids is 2. The van der Waals surface area contributed by atoms with Gasteiger partial charge in [0.2, 0.25) is 5.88 Å². The summed E-state index contributed by atoms with van der Waals surface area (Å²) in [7, 11) is -0.912. The Morgan fingerprint density at radius 2 is 1.97 bits per heavy atom. The van der Waals surface area contributed by atoms with Crippen molar-refractivity contribution in [3.05, 3.63) is 62.3 Å². The van der Waals surface area contributed by atoms with Crippen molar-refractivity contribution in [3.63, 3.8) is 0 Å². The normalized spacial score (nSPS) is 17.1. The van der Waals surface area contributed by atoms with Crippen molar-refractivity contribution in [3.8, 4) is 11.7 Å². The third-order valence-electron chi connectivity index (χ3n) is 4.85. The summed E-state index contributed by atoms with van der Waals surface area (Å²) in [4.78, 5) is 30.5. The van der Waals surface area contributed by atoms with Crippen molar-refractivity contribution in [1.82, 2.24) is 20.1 Å². The van der Waals surface area contributed by atoms with Crippen LogP contribution in [0.2, 0.25) is 10.0 Å². The van der Waals surface area contributed by atoms with Gasteiger partial charge >= 0.3 is 0 Å². The zero-order valence-electron chi connectivity index (χ0n) is 18.5. The van der Waals surface area contributed by atoms with E-state index in [1.807, 2.05) is 13.8 Å². The molecule has 2 aromatic heterocycles. The summed E-state index contributed by atoms with van der Waals surface area (Å²) in [5, 5.41) is 10.5. The molecule has 0 spiro atoms. The molecule has 1 fully saturated rings. The molecule has 2 N–H and O–H groups in total. The van der Waals surface area contributed by atoms with Crippen LogP contribution in [0.1, 0.15) is 34.7 Å². The van der Waals surface area contributed by atoms with Gasteiger partial charge in [-0.05, 0) is 54.0 Å². The first-order chi connectivity index (χ1) is 16.6. The van der Waals surface area contributed by atoms with E-state index in [-0.39, 0.29) is 45.8 Å². The fourth-order valence-corrected chi connectivity index (χ4v) is 5.25.